The van der Waals surface area contributed by atoms with Crippen molar-refractivity contribution < 1.29 is 19.6 Å². The first-order valence-electron chi connectivity index (χ1n) is 7.47. The Labute approximate surface area is 132 Å². The van der Waals surface area contributed by atoms with Crippen LogP contribution in [0.4, 0.5) is 0 Å². The summed E-state index contributed by atoms with van der Waals surface area (Å²) in [4.78, 5) is 35.8. The van der Waals surface area contributed by atoms with E-state index in [1.54, 1.807) is 5.48 Å². The van der Waals surface area contributed by atoms with Gasteiger partial charge >= 0.3 is 0 Å². The predicted octanol–water partition coefficient (Wildman–Crippen LogP) is 0.821. The van der Waals surface area contributed by atoms with Crippen molar-refractivity contribution in [3.63, 3.8) is 0 Å². The first-order valence-corrected chi connectivity index (χ1v) is 7.47. The summed E-state index contributed by atoms with van der Waals surface area (Å²) in [5.74, 6) is -1.65. The highest BCUT2D eigenvalue weighted by Crippen LogP contribution is 2.22. The first kappa shape index (κ1) is 20.4. The van der Waals surface area contributed by atoms with Crippen molar-refractivity contribution >= 4 is 17.7 Å². The van der Waals surface area contributed by atoms with E-state index in [9.17, 15) is 14.4 Å². The second kappa shape index (κ2) is 8.73. The Hall–Kier alpha value is -1.63. The standard InChI is InChI=1S/C15H29N3O4/c1-9(2)7-10(8-11(19)18-22)13(20)17-12(14(21)16-6)15(3,4)5/h9-10,12,22H,7-8H2,1-6H3,(H,16,21)(H,17,20)(H,18,19)/t10?,12-/m1/s1. The molecule has 0 saturated carbocycles. The van der Waals surface area contributed by atoms with Crippen LogP contribution in [0.25, 0.3) is 0 Å². The summed E-state index contributed by atoms with van der Waals surface area (Å²) in [6, 6.07) is -0.697. The van der Waals surface area contributed by atoms with Crippen LogP contribution in [-0.4, -0.2) is 36.0 Å². The van der Waals surface area contributed by atoms with Gasteiger partial charge in [0.25, 0.3) is 0 Å². The number of carbonyl (C=O) groups excluding carboxylic acids is 3. The van der Waals surface area contributed by atoms with Crippen LogP contribution in [0.1, 0.15) is 47.5 Å². The van der Waals surface area contributed by atoms with Crippen LogP contribution in [0, 0.1) is 17.3 Å². The number of amides is 3. The average Bonchev–Trinajstić information content (AvgIpc) is 2.40. The Balaban J connectivity index is 5.11. The number of rotatable bonds is 7. The van der Waals surface area contributed by atoms with Crippen molar-refractivity contribution in [2.45, 2.75) is 53.5 Å². The van der Waals surface area contributed by atoms with Crippen LogP contribution < -0.4 is 16.1 Å². The van der Waals surface area contributed by atoms with E-state index in [0.717, 1.165) is 0 Å². The minimum Gasteiger partial charge on any atom is -0.357 e. The summed E-state index contributed by atoms with van der Waals surface area (Å²) >= 11 is 0. The predicted molar refractivity (Wildman–Crippen MR) is 82.9 cm³/mol. The van der Waals surface area contributed by atoms with E-state index >= 15 is 0 Å². The monoisotopic (exact) mass is 315 g/mol. The summed E-state index contributed by atoms with van der Waals surface area (Å²) in [7, 11) is 1.51. The molecule has 0 aliphatic rings. The summed E-state index contributed by atoms with van der Waals surface area (Å²) in [6.07, 6.45) is 0.370. The number of hydrogen-bond donors (Lipinski definition) is 4. The maximum Gasteiger partial charge on any atom is 0.244 e. The second-order valence-electron chi connectivity index (χ2n) is 6.99. The average molecular weight is 315 g/mol. The van der Waals surface area contributed by atoms with Gasteiger partial charge in [-0.05, 0) is 17.8 Å². The molecule has 0 saturated heterocycles. The second-order valence-corrected chi connectivity index (χ2v) is 6.99. The van der Waals surface area contributed by atoms with Crippen molar-refractivity contribution in [1.29, 1.82) is 0 Å². The summed E-state index contributed by atoms with van der Waals surface area (Å²) in [6.45, 7) is 9.44. The Bertz CT molecular complexity index is 402. The van der Waals surface area contributed by atoms with Gasteiger partial charge in [-0.2, -0.15) is 0 Å². The molecule has 7 heteroatoms. The van der Waals surface area contributed by atoms with E-state index in [1.807, 2.05) is 34.6 Å². The normalized spacial score (nSPS) is 14.2. The maximum atomic E-state index is 12.5. The third kappa shape index (κ3) is 6.89. The number of nitrogens with one attached hydrogen (secondary N) is 3. The molecule has 0 spiro atoms. The third-order valence-electron chi connectivity index (χ3n) is 3.34. The minimum absolute atomic E-state index is 0.120. The largest absolute Gasteiger partial charge is 0.357 e. The third-order valence-corrected chi connectivity index (χ3v) is 3.34. The van der Waals surface area contributed by atoms with Gasteiger partial charge in [0.2, 0.25) is 17.7 Å². The van der Waals surface area contributed by atoms with Gasteiger partial charge in [-0.3, -0.25) is 19.6 Å². The zero-order chi connectivity index (χ0) is 17.5. The van der Waals surface area contributed by atoms with Gasteiger partial charge in [0.15, 0.2) is 0 Å². The fraction of sp³-hybridized carbons (Fsp3) is 0.800. The molecule has 3 amide bonds. The van der Waals surface area contributed by atoms with Crippen LogP contribution >= 0.6 is 0 Å². The van der Waals surface area contributed by atoms with Crippen LogP contribution in [0.15, 0.2) is 0 Å². The SMILES string of the molecule is CNC(=O)[C@@H](NC(=O)C(CC(=O)NO)CC(C)C)C(C)(C)C. The molecule has 2 atom stereocenters. The topological polar surface area (TPSA) is 108 Å². The fourth-order valence-corrected chi connectivity index (χ4v) is 2.20. The molecule has 0 aromatic rings. The Morgan fingerprint density at radius 1 is 1.09 bits per heavy atom. The molecule has 0 fully saturated rings. The smallest absolute Gasteiger partial charge is 0.244 e. The van der Waals surface area contributed by atoms with E-state index in [4.69, 9.17) is 5.21 Å². The molecular weight excluding hydrogens is 286 g/mol. The van der Waals surface area contributed by atoms with Crippen LogP contribution in [-0.2, 0) is 14.4 Å². The summed E-state index contributed by atoms with van der Waals surface area (Å²) in [5, 5.41) is 13.9. The lowest BCUT2D eigenvalue weighted by molar-refractivity contribution is -0.137. The van der Waals surface area contributed by atoms with Gasteiger partial charge in [0.05, 0.1) is 0 Å². The van der Waals surface area contributed by atoms with Crippen molar-refractivity contribution in [1.82, 2.24) is 16.1 Å². The van der Waals surface area contributed by atoms with Crippen molar-refractivity contribution in [3.05, 3.63) is 0 Å². The molecule has 0 aromatic carbocycles. The first-order chi connectivity index (χ1) is 10.0. The molecule has 128 valence electrons. The van der Waals surface area contributed by atoms with Gasteiger partial charge in [0, 0.05) is 19.4 Å². The zero-order valence-corrected chi connectivity index (χ0v) is 14.3. The fourth-order valence-electron chi connectivity index (χ4n) is 2.20. The minimum atomic E-state index is -0.697. The van der Waals surface area contributed by atoms with Crippen molar-refractivity contribution in [3.8, 4) is 0 Å². The number of hydrogen-bond acceptors (Lipinski definition) is 4. The quantitative estimate of drug-likeness (QED) is 0.412. The van der Waals surface area contributed by atoms with Gasteiger partial charge in [-0.15, -0.1) is 0 Å². The Kier molecular flexibility index (Phi) is 8.08. The number of likely N-dealkylation sites (N-methyl/N-ethyl adjacent to an activating group) is 1. The van der Waals surface area contributed by atoms with E-state index < -0.39 is 23.3 Å². The van der Waals surface area contributed by atoms with E-state index in [0.29, 0.717) is 6.42 Å². The maximum absolute atomic E-state index is 12.5. The molecule has 22 heavy (non-hydrogen) atoms. The highest BCUT2D eigenvalue weighted by molar-refractivity contribution is 5.90. The lowest BCUT2D eigenvalue weighted by Crippen LogP contribution is -2.54. The van der Waals surface area contributed by atoms with Gasteiger partial charge < -0.3 is 10.6 Å². The summed E-state index contributed by atoms with van der Waals surface area (Å²) in [5.41, 5.74) is 1.08. The molecule has 0 aliphatic heterocycles. The molecule has 0 heterocycles. The molecule has 0 radical (unpaired) electrons. The highest BCUT2D eigenvalue weighted by atomic mass is 16.5. The number of hydroxylamine groups is 1. The Morgan fingerprint density at radius 3 is 2.00 bits per heavy atom. The van der Waals surface area contributed by atoms with Gasteiger partial charge in [0.1, 0.15) is 6.04 Å². The van der Waals surface area contributed by atoms with E-state index in [1.165, 1.54) is 7.05 Å². The molecular formula is C15H29N3O4. The lowest BCUT2D eigenvalue weighted by atomic mass is 9.85. The van der Waals surface area contributed by atoms with Crippen molar-refractivity contribution in [2.24, 2.45) is 17.3 Å². The molecule has 1 unspecified atom stereocenters. The Morgan fingerprint density at radius 2 is 1.64 bits per heavy atom. The lowest BCUT2D eigenvalue weighted by Gasteiger charge is -2.31. The van der Waals surface area contributed by atoms with Crippen LogP contribution in [0.5, 0.6) is 0 Å². The van der Waals surface area contributed by atoms with E-state index in [-0.39, 0.29) is 24.2 Å². The van der Waals surface area contributed by atoms with Crippen LogP contribution in [0.2, 0.25) is 0 Å². The molecule has 0 rings (SSSR count). The zero-order valence-electron chi connectivity index (χ0n) is 14.3. The highest BCUT2D eigenvalue weighted by Gasteiger charge is 2.34. The van der Waals surface area contributed by atoms with Gasteiger partial charge in [-0.1, -0.05) is 34.6 Å². The van der Waals surface area contributed by atoms with Crippen molar-refractivity contribution in [2.75, 3.05) is 7.05 Å². The molecule has 0 aromatic heterocycles. The van der Waals surface area contributed by atoms with Crippen LogP contribution in [0.3, 0.4) is 0 Å². The molecule has 0 aliphatic carbocycles. The van der Waals surface area contributed by atoms with Gasteiger partial charge in [-0.25, -0.2) is 5.48 Å². The summed E-state index contributed by atoms with van der Waals surface area (Å²) < 4.78 is 0. The molecule has 0 bridgehead atoms. The number of carbonyl (C=O) groups is 3. The van der Waals surface area contributed by atoms with E-state index in [2.05, 4.69) is 10.6 Å². The molecule has 7 nitrogen and oxygen atoms in total. The molecule has 4 N–H and O–H groups in total.